The minimum Gasteiger partial charge on any atom is -0.299 e. The Morgan fingerprint density at radius 2 is 1.69 bits per heavy atom. The number of carbonyl (C=O) groups is 1. The molecule has 3 aromatic rings. The van der Waals surface area contributed by atoms with Gasteiger partial charge in [0.25, 0.3) is 0 Å². The SMILES string of the molecule is Cc1cc(C)cc(N(C(C)C(=O)Nc2nnc(-c3ccccc3)s2)S(C)(=O)=O)c1. The lowest BCUT2D eigenvalue weighted by Crippen LogP contribution is -2.45. The van der Waals surface area contributed by atoms with Crippen molar-refractivity contribution in [2.75, 3.05) is 15.9 Å². The molecule has 1 heterocycles. The molecule has 7 nitrogen and oxygen atoms in total. The van der Waals surface area contributed by atoms with Gasteiger partial charge in [0, 0.05) is 5.56 Å². The van der Waals surface area contributed by atoms with E-state index >= 15 is 0 Å². The highest BCUT2D eigenvalue weighted by atomic mass is 32.2. The summed E-state index contributed by atoms with van der Waals surface area (Å²) in [6.45, 7) is 5.31. The van der Waals surface area contributed by atoms with Crippen LogP contribution in [0.1, 0.15) is 18.1 Å². The normalized spacial score (nSPS) is 12.4. The largest absolute Gasteiger partial charge is 0.299 e. The van der Waals surface area contributed by atoms with Crippen LogP contribution < -0.4 is 9.62 Å². The highest BCUT2D eigenvalue weighted by Crippen LogP contribution is 2.27. The average Bonchev–Trinajstić information content (AvgIpc) is 3.09. The molecule has 29 heavy (non-hydrogen) atoms. The maximum atomic E-state index is 12.8. The topological polar surface area (TPSA) is 92.3 Å². The van der Waals surface area contributed by atoms with Gasteiger partial charge in [0.05, 0.1) is 11.9 Å². The van der Waals surface area contributed by atoms with E-state index < -0.39 is 22.0 Å². The number of benzene rings is 2. The van der Waals surface area contributed by atoms with E-state index in [4.69, 9.17) is 0 Å². The fraction of sp³-hybridized carbons (Fsp3) is 0.250. The molecule has 0 bridgehead atoms. The predicted molar refractivity (Wildman–Crippen MR) is 117 cm³/mol. The number of carbonyl (C=O) groups excluding carboxylic acids is 1. The van der Waals surface area contributed by atoms with Crippen LogP contribution in [0.4, 0.5) is 10.8 Å². The lowest BCUT2D eigenvalue weighted by molar-refractivity contribution is -0.116. The monoisotopic (exact) mass is 430 g/mol. The third kappa shape index (κ3) is 4.99. The molecule has 0 aliphatic heterocycles. The summed E-state index contributed by atoms with van der Waals surface area (Å²) in [5.41, 5.74) is 3.18. The van der Waals surface area contributed by atoms with E-state index in [-0.39, 0.29) is 0 Å². The van der Waals surface area contributed by atoms with Crippen LogP contribution in [0.15, 0.2) is 48.5 Å². The summed E-state index contributed by atoms with van der Waals surface area (Å²) in [5.74, 6) is -0.481. The number of amides is 1. The van der Waals surface area contributed by atoms with Crippen LogP contribution in [-0.2, 0) is 14.8 Å². The first-order chi connectivity index (χ1) is 13.6. The van der Waals surface area contributed by atoms with Gasteiger partial charge in [0.15, 0.2) is 0 Å². The number of nitrogens with one attached hydrogen (secondary N) is 1. The summed E-state index contributed by atoms with van der Waals surface area (Å²) < 4.78 is 26.1. The Morgan fingerprint density at radius 3 is 2.28 bits per heavy atom. The van der Waals surface area contributed by atoms with Gasteiger partial charge in [-0.2, -0.15) is 0 Å². The van der Waals surface area contributed by atoms with Crippen LogP contribution in [0.25, 0.3) is 10.6 Å². The van der Waals surface area contributed by atoms with Gasteiger partial charge in [-0.3, -0.25) is 14.4 Å². The standard InChI is InChI=1S/C20H22N4O3S2/c1-13-10-14(2)12-17(11-13)24(29(4,26)27)15(3)18(25)21-20-23-22-19(28-20)16-8-6-5-7-9-16/h5-12,15H,1-4H3,(H,21,23,25). The van der Waals surface area contributed by atoms with Crippen LogP contribution in [0, 0.1) is 13.8 Å². The lowest BCUT2D eigenvalue weighted by atomic mass is 10.1. The minimum atomic E-state index is -3.69. The third-order valence-electron chi connectivity index (χ3n) is 4.23. The number of hydrogen-bond acceptors (Lipinski definition) is 6. The van der Waals surface area contributed by atoms with Crippen LogP contribution >= 0.6 is 11.3 Å². The maximum absolute atomic E-state index is 12.8. The van der Waals surface area contributed by atoms with Crippen molar-refractivity contribution in [3.05, 3.63) is 59.7 Å². The van der Waals surface area contributed by atoms with Crippen molar-refractivity contribution in [1.82, 2.24) is 10.2 Å². The molecule has 1 amide bonds. The van der Waals surface area contributed by atoms with Gasteiger partial charge < -0.3 is 0 Å². The first-order valence-electron chi connectivity index (χ1n) is 8.92. The number of rotatable bonds is 6. The highest BCUT2D eigenvalue weighted by molar-refractivity contribution is 7.92. The Hall–Kier alpha value is -2.78. The van der Waals surface area contributed by atoms with Crippen LogP contribution in [0.5, 0.6) is 0 Å². The Kier molecular flexibility index (Phi) is 5.99. The summed E-state index contributed by atoms with van der Waals surface area (Å²) in [4.78, 5) is 12.8. The molecule has 0 saturated carbocycles. The van der Waals surface area contributed by atoms with Crippen molar-refractivity contribution in [1.29, 1.82) is 0 Å². The van der Waals surface area contributed by atoms with Gasteiger partial charge in [0.2, 0.25) is 21.1 Å². The number of anilines is 2. The Bertz CT molecular complexity index is 1110. The van der Waals surface area contributed by atoms with Crippen LogP contribution in [0.3, 0.4) is 0 Å². The van der Waals surface area contributed by atoms with Gasteiger partial charge in [0.1, 0.15) is 11.0 Å². The van der Waals surface area contributed by atoms with Gasteiger partial charge in [-0.25, -0.2) is 8.42 Å². The molecular weight excluding hydrogens is 408 g/mol. The van der Waals surface area contributed by atoms with E-state index in [1.54, 1.807) is 19.1 Å². The Morgan fingerprint density at radius 1 is 1.07 bits per heavy atom. The van der Waals surface area contributed by atoms with Crippen LogP contribution in [0.2, 0.25) is 0 Å². The number of nitrogens with zero attached hydrogens (tertiary/aromatic N) is 3. The van der Waals surface area contributed by atoms with E-state index in [0.29, 0.717) is 15.8 Å². The summed E-state index contributed by atoms with van der Waals surface area (Å²) in [5, 5.41) is 11.8. The first-order valence-corrected chi connectivity index (χ1v) is 11.6. The average molecular weight is 431 g/mol. The molecule has 0 fully saturated rings. The summed E-state index contributed by atoms with van der Waals surface area (Å²) in [6, 6.07) is 14.0. The second-order valence-corrected chi connectivity index (χ2v) is 9.69. The van der Waals surface area contributed by atoms with E-state index in [0.717, 1.165) is 27.3 Å². The second-order valence-electron chi connectivity index (χ2n) is 6.85. The van der Waals surface area contributed by atoms with Crippen molar-refractivity contribution in [2.45, 2.75) is 26.8 Å². The predicted octanol–water partition coefficient (Wildman–Crippen LogP) is 3.62. The van der Waals surface area contributed by atoms with Crippen molar-refractivity contribution in [2.24, 2.45) is 0 Å². The molecule has 152 valence electrons. The molecule has 1 atom stereocenters. The fourth-order valence-corrected chi connectivity index (χ4v) is 4.98. The number of sulfonamides is 1. The molecule has 0 aliphatic carbocycles. The van der Waals surface area contributed by atoms with E-state index in [1.165, 1.54) is 11.3 Å². The van der Waals surface area contributed by atoms with Crippen LogP contribution in [-0.4, -0.2) is 36.8 Å². The van der Waals surface area contributed by atoms with Gasteiger partial charge >= 0.3 is 0 Å². The Balaban J connectivity index is 1.84. The Labute approximate surface area is 174 Å². The number of aryl methyl sites for hydroxylation is 2. The molecule has 0 aliphatic rings. The molecule has 0 radical (unpaired) electrons. The minimum absolute atomic E-state index is 0.314. The smallest absolute Gasteiger partial charge is 0.249 e. The molecule has 0 spiro atoms. The zero-order valence-corrected chi connectivity index (χ0v) is 18.2. The number of aromatic nitrogens is 2. The van der Waals surface area contributed by atoms with E-state index in [9.17, 15) is 13.2 Å². The summed E-state index contributed by atoms with van der Waals surface area (Å²) in [6.07, 6.45) is 1.09. The van der Waals surface area contributed by atoms with Gasteiger partial charge in [-0.15, -0.1) is 10.2 Å². The molecule has 0 saturated heterocycles. The third-order valence-corrected chi connectivity index (χ3v) is 6.35. The molecule has 1 aromatic heterocycles. The second kappa shape index (κ2) is 8.30. The summed E-state index contributed by atoms with van der Waals surface area (Å²) >= 11 is 1.23. The molecule has 2 aromatic carbocycles. The van der Waals surface area contributed by atoms with E-state index in [1.807, 2.05) is 50.2 Å². The molecular formula is C20H22N4O3S2. The van der Waals surface area contributed by atoms with Crippen molar-refractivity contribution in [3.63, 3.8) is 0 Å². The van der Waals surface area contributed by atoms with Crippen molar-refractivity contribution in [3.8, 4) is 10.6 Å². The first kappa shape index (κ1) is 20.9. The fourth-order valence-electron chi connectivity index (χ4n) is 3.07. The summed E-state index contributed by atoms with van der Waals surface area (Å²) in [7, 11) is -3.69. The van der Waals surface area contributed by atoms with Crippen molar-refractivity contribution >= 4 is 38.1 Å². The lowest BCUT2D eigenvalue weighted by Gasteiger charge is -2.28. The molecule has 3 rings (SSSR count). The van der Waals surface area contributed by atoms with Gasteiger partial charge in [-0.05, 0) is 44.0 Å². The maximum Gasteiger partial charge on any atom is 0.249 e. The molecule has 1 unspecified atom stereocenters. The molecule has 1 N–H and O–H groups in total. The quantitative estimate of drug-likeness (QED) is 0.645. The molecule has 9 heteroatoms. The van der Waals surface area contributed by atoms with Crippen molar-refractivity contribution < 1.29 is 13.2 Å². The number of hydrogen-bond donors (Lipinski definition) is 1. The zero-order valence-electron chi connectivity index (χ0n) is 16.6. The van der Waals surface area contributed by atoms with Gasteiger partial charge in [-0.1, -0.05) is 47.7 Å². The van der Waals surface area contributed by atoms with E-state index in [2.05, 4.69) is 15.5 Å². The highest BCUT2D eigenvalue weighted by Gasteiger charge is 2.30. The zero-order chi connectivity index (χ0) is 21.2.